The van der Waals surface area contributed by atoms with Gasteiger partial charge in [0.2, 0.25) is 0 Å². The van der Waals surface area contributed by atoms with Crippen molar-refractivity contribution in [1.82, 2.24) is 0 Å². The van der Waals surface area contributed by atoms with Gasteiger partial charge in [0.15, 0.2) is 0 Å². The zero-order valence-electron chi connectivity index (χ0n) is 15.0. The molecule has 1 fully saturated rings. The molecule has 0 bridgehead atoms. The molecule has 1 rings (SSSR count). The lowest BCUT2D eigenvalue weighted by atomic mass is 10.1. The molecule has 0 saturated heterocycles. The van der Waals surface area contributed by atoms with E-state index in [0.29, 0.717) is 13.0 Å². The third-order valence-electron chi connectivity index (χ3n) is 3.44. The molecule has 5 heteroatoms. The first-order valence-electron chi connectivity index (χ1n) is 8.51. The van der Waals surface area contributed by atoms with Gasteiger partial charge in [0, 0.05) is 6.54 Å². The first-order valence-corrected chi connectivity index (χ1v) is 8.51. The number of hydrogen-bond donors (Lipinski definition) is 0. The fraction of sp³-hybridized carbons (Fsp3) is 0.579. The summed E-state index contributed by atoms with van der Waals surface area (Å²) in [5, 5.41) is 0. The summed E-state index contributed by atoms with van der Waals surface area (Å²) in [6.07, 6.45) is 5.36. The second-order valence-corrected chi connectivity index (χ2v) is 6.30. The zero-order valence-corrected chi connectivity index (χ0v) is 15.0. The van der Waals surface area contributed by atoms with Crippen LogP contribution in [-0.2, 0) is 0 Å². The van der Waals surface area contributed by atoms with E-state index in [4.69, 9.17) is 0 Å². The summed E-state index contributed by atoms with van der Waals surface area (Å²) < 4.78 is 37.4. The van der Waals surface area contributed by atoms with Crippen LogP contribution < -0.4 is 0 Å². The van der Waals surface area contributed by atoms with Crippen molar-refractivity contribution in [2.24, 2.45) is 15.9 Å². The summed E-state index contributed by atoms with van der Waals surface area (Å²) >= 11 is 0. The van der Waals surface area contributed by atoms with E-state index in [9.17, 15) is 13.2 Å². The second kappa shape index (κ2) is 9.60. The molecule has 2 nitrogen and oxygen atoms in total. The van der Waals surface area contributed by atoms with Gasteiger partial charge in [-0.3, -0.25) is 4.99 Å². The fourth-order valence-electron chi connectivity index (χ4n) is 1.93. The quantitative estimate of drug-likeness (QED) is 0.305. The average Bonchev–Trinajstić information content (AvgIpc) is 3.30. The molecule has 0 radical (unpaired) electrons. The minimum Gasteiger partial charge on any atom is -0.266 e. The van der Waals surface area contributed by atoms with E-state index >= 15 is 0 Å². The SMILES string of the molecule is CC/C(C=C1CC1)=C\C=C(/CC)C(N=CC(F)(F)F)=NCC(C)C. The minimum absolute atomic E-state index is 0.0201. The molecule has 1 saturated carbocycles. The highest BCUT2D eigenvalue weighted by atomic mass is 19.4. The Morgan fingerprint density at radius 2 is 1.79 bits per heavy atom. The highest BCUT2D eigenvalue weighted by molar-refractivity contribution is 6.03. The van der Waals surface area contributed by atoms with Gasteiger partial charge in [-0.2, -0.15) is 13.2 Å². The summed E-state index contributed by atoms with van der Waals surface area (Å²) in [5.74, 6) is 0.440. The maximum Gasteiger partial charge on any atom is 0.426 e. The third kappa shape index (κ3) is 8.85. The molecule has 0 spiro atoms. The standard InChI is InChI=1S/C19H27F3N2/c1-5-15(11-16-7-8-16)9-10-17(6-2)18(23-12-14(3)4)24-13-19(20,21)22/h9-11,13-14H,5-8,12H2,1-4H3/b15-9+,17-10+,23-18?,24-13?. The van der Waals surface area contributed by atoms with Gasteiger partial charge in [-0.1, -0.05) is 51.5 Å². The Kier molecular flexibility index (Phi) is 8.16. The number of nitrogens with zero attached hydrogens (tertiary/aromatic N) is 2. The number of allylic oxidation sites excluding steroid dienone is 5. The number of alkyl halides is 3. The predicted molar refractivity (Wildman–Crippen MR) is 95.8 cm³/mol. The van der Waals surface area contributed by atoms with Crippen LogP contribution in [-0.4, -0.2) is 24.8 Å². The maximum absolute atomic E-state index is 12.5. The molecular formula is C19H27F3N2. The molecule has 1 aliphatic carbocycles. The molecule has 0 heterocycles. The van der Waals surface area contributed by atoms with E-state index in [2.05, 4.69) is 23.0 Å². The Hall–Kier alpha value is -1.65. The van der Waals surface area contributed by atoms with Crippen molar-refractivity contribution in [2.75, 3.05) is 6.54 Å². The highest BCUT2D eigenvalue weighted by Crippen LogP contribution is 2.29. The molecule has 0 aromatic carbocycles. The average molecular weight is 340 g/mol. The van der Waals surface area contributed by atoms with Crippen LogP contribution in [0.4, 0.5) is 13.2 Å². The predicted octanol–water partition coefficient (Wildman–Crippen LogP) is 6.07. The molecule has 0 aromatic rings. The summed E-state index contributed by atoms with van der Waals surface area (Å²) in [5.41, 5.74) is 3.33. The molecule has 0 N–H and O–H groups in total. The first kappa shape index (κ1) is 20.4. The van der Waals surface area contributed by atoms with Crippen LogP contribution in [0.2, 0.25) is 0 Å². The number of aliphatic imine (C=N–C) groups is 2. The van der Waals surface area contributed by atoms with E-state index < -0.39 is 6.18 Å². The molecule has 0 aliphatic heterocycles. The summed E-state index contributed by atoms with van der Waals surface area (Å²) in [6, 6.07) is 0. The van der Waals surface area contributed by atoms with E-state index in [1.807, 2.05) is 32.9 Å². The van der Waals surface area contributed by atoms with Crippen molar-refractivity contribution < 1.29 is 13.2 Å². The normalized spacial score (nSPS) is 17.2. The van der Waals surface area contributed by atoms with Crippen molar-refractivity contribution in [3.8, 4) is 0 Å². The van der Waals surface area contributed by atoms with Gasteiger partial charge in [0.05, 0.1) is 0 Å². The maximum atomic E-state index is 12.5. The Bertz CT molecular complexity index is 556. The van der Waals surface area contributed by atoms with Crippen LogP contribution in [0.3, 0.4) is 0 Å². The number of rotatable bonds is 7. The van der Waals surface area contributed by atoms with E-state index in [0.717, 1.165) is 24.8 Å². The molecule has 0 aromatic heterocycles. The molecule has 1 aliphatic rings. The highest BCUT2D eigenvalue weighted by Gasteiger charge is 2.24. The van der Waals surface area contributed by atoms with Crippen LogP contribution in [0.15, 0.2) is 44.9 Å². The monoisotopic (exact) mass is 340 g/mol. The van der Waals surface area contributed by atoms with Crippen molar-refractivity contribution in [2.45, 2.75) is 59.6 Å². The zero-order chi connectivity index (χ0) is 18.2. The lowest BCUT2D eigenvalue weighted by Gasteiger charge is -2.07. The van der Waals surface area contributed by atoms with E-state index in [1.54, 1.807) is 0 Å². The van der Waals surface area contributed by atoms with Crippen LogP contribution in [0.25, 0.3) is 0 Å². The lowest BCUT2D eigenvalue weighted by Crippen LogP contribution is -2.12. The molecule has 134 valence electrons. The molecule has 24 heavy (non-hydrogen) atoms. The Morgan fingerprint density at radius 1 is 1.12 bits per heavy atom. The molecule has 0 atom stereocenters. The van der Waals surface area contributed by atoms with E-state index in [1.165, 1.54) is 11.1 Å². The molecular weight excluding hydrogens is 313 g/mol. The van der Waals surface area contributed by atoms with Crippen LogP contribution in [0.5, 0.6) is 0 Å². The molecule has 0 amide bonds. The molecule has 0 unspecified atom stereocenters. The van der Waals surface area contributed by atoms with Gasteiger partial charge in [-0.25, -0.2) is 4.99 Å². The van der Waals surface area contributed by atoms with Crippen molar-refractivity contribution >= 4 is 12.1 Å². The Labute approximate surface area is 143 Å². The lowest BCUT2D eigenvalue weighted by molar-refractivity contribution is -0.0534. The van der Waals surface area contributed by atoms with E-state index in [-0.39, 0.29) is 18.0 Å². The third-order valence-corrected chi connectivity index (χ3v) is 3.44. The summed E-state index contributed by atoms with van der Waals surface area (Å²) in [7, 11) is 0. The van der Waals surface area contributed by atoms with Crippen LogP contribution in [0.1, 0.15) is 53.4 Å². The second-order valence-electron chi connectivity index (χ2n) is 6.30. The summed E-state index contributed by atoms with van der Waals surface area (Å²) in [6.45, 7) is 8.37. The topological polar surface area (TPSA) is 24.7 Å². The summed E-state index contributed by atoms with van der Waals surface area (Å²) in [4.78, 5) is 7.88. The smallest absolute Gasteiger partial charge is 0.266 e. The van der Waals surface area contributed by atoms with Crippen LogP contribution in [0, 0.1) is 5.92 Å². The van der Waals surface area contributed by atoms with Crippen molar-refractivity contribution in [1.29, 1.82) is 0 Å². The van der Waals surface area contributed by atoms with Crippen LogP contribution >= 0.6 is 0 Å². The minimum atomic E-state index is -4.43. The van der Waals surface area contributed by atoms with Gasteiger partial charge in [0.25, 0.3) is 0 Å². The Morgan fingerprint density at radius 3 is 2.25 bits per heavy atom. The fourth-order valence-corrected chi connectivity index (χ4v) is 1.93. The van der Waals surface area contributed by atoms with Gasteiger partial charge >= 0.3 is 6.18 Å². The van der Waals surface area contributed by atoms with Gasteiger partial charge in [-0.15, -0.1) is 0 Å². The largest absolute Gasteiger partial charge is 0.426 e. The Balaban J connectivity index is 3.07. The number of halogens is 3. The van der Waals surface area contributed by atoms with Gasteiger partial charge < -0.3 is 0 Å². The van der Waals surface area contributed by atoms with Gasteiger partial charge in [0.1, 0.15) is 12.1 Å². The van der Waals surface area contributed by atoms with Gasteiger partial charge in [-0.05, 0) is 42.7 Å². The van der Waals surface area contributed by atoms with Crippen molar-refractivity contribution in [3.63, 3.8) is 0 Å². The number of amidine groups is 1. The van der Waals surface area contributed by atoms with Crippen molar-refractivity contribution in [3.05, 3.63) is 34.9 Å². The first-order chi connectivity index (χ1) is 11.2. The number of hydrogen-bond acceptors (Lipinski definition) is 1.